The van der Waals surface area contributed by atoms with Crippen LogP contribution in [0.3, 0.4) is 0 Å². The molecule has 3 aromatic carbocycles. The van der Waals surface area contributed by atoms with Gasteiger partial charge in [0.25, 0.3) is 0 Å². The van der Waals surface area contributed by atoms with Crippen LogP contribution in [0.2, 0.25) is 0 Å². The molecule has 0 aliphatic carbocycles. The van der Waals surface area contributed by atoms with Crippen molar-refractivity contribution in [3.8, 4) is 5.75 Å². The largest absolute Gasteiger partial charge is 0.495 e. The Morgan fingerprint density at radius 1 is 1.00 bits per heavy atom. The van der Waals surface area contributed by atoms with Crippen LogP contribution in [0.25, 0.3) is 0 Å². The zero-order valence-electron chi connectivity index (χ0n) is 18.2. The number of hydrogen-bond donors (Lipinski definition) is 1. The zero-order chi connectivity index (χ0) is 23.2. The number of halogens is 1. The number of amides is 2. The van der Waals surface area contributed by atoms with Gasteiger partial charge in [0.1, 0.15) is 5.75 Å². The van der Waals surface area contributed by atoms with E-state index in [1.54, 1.807) is 19.2 Å². The van der Waals surface area contributed by atoms with E-state index in [-0.39, 0.29) is 30.7 Å². The van der Waals surface area contributed by atoms with E-state index in [0.717, 1.165) is 21.3 Å². The molecule has 1 aliphatic heterocycles. The lowest BCUT2D eigenvalue weighted by Crippen LogP contribution is -2.28. The molecule has 0 spiro atoms. The molecule has 7 heteroatoms. The molecule has 3 aromatic rings. The monoisotopic (exact) mass is 505 g/mol. The second-order valence-corrected chi connectivity index (χ2v) is 8.59. The number of carbonyl (C=O) groups is 2. The third-order valence-electron chi connectivity index (χ3n) is 5.47. The van der Waals surface area contributed by atoms with E-state index >= 15 is 0 Å². The fourth-order valence-electron chi connectivity index (χ4n) is 3.79. The summed E-state index contributed by atoms with van der Waals surface area (Å²) in [5.41, 5.74) is 3.42. The first-order chi connectivity index (χ1) is 16.0. The SMILES string of the molecule is COc1ccccc1NC(=O)CCC(=O)N1N=C(c2ccc(Br)cc2)C[C@H]1c1ccccc1. The zero-order valence-corrected chi connectivity index (χ0v) is 19.8. The average Bonchev–Trinajstić information content (AvgIpc) is 3.29. The van der Waals surface area contributed by atoms with Crippen LogP contribution in [-0.2, 0) is 9.59 Å². The molecule has 33 heavy (non-hydrogen) atoms. The van der Waals surface area contributed by atoms with E-state index in [1.807, 2.05) is 66.7 Å². The molecule has 0 aromatic heterocycles. The number of para-hydroxylation sites is 2. The van der Waals surface area contributed by atoms with Crippen molar-refractivity contribution in [1.29, 1.82) is 0 Å². The first kappa shape index (κ1) is 22.7. The minimum Gasteiger partial charge on any atom is -0.495 e. The summed E-state index contributed by atoms with van der Waals surface area (Å²) >= 11 is 3.45. The highest BCUT2D eigenvalue weighted by molar-refractivity contribution is 9.10. The fourth-order valence-corrected chi connectivity index (χ4v) is 4.05. The number of benzene rings is 3. The first-order valence-electron chi connectivity index (χ1n) is 10.7. The van der Waals surface area contributed by atoms with Gasteiger partial charge in [-0.1, -0.05) is 70.5 Å². The van der Waals surface area contributed by atoms with Gasteiger partial charge < -0.3 is 10.1 Å². The molecule has 6 nitrogen and oxygen atoms in total. The van der Waals surface area contributed by atoms with Crippen LogP contribution in [0.4, 0.5) is 5.69 Å². The van der Waals surface area contributed by atoms with Gasteiger partial charge >= 0.3 is 0 Å². The van der Waals surface area contributed by atoms with Gasteiger partial charge in [-0.2, -0.15) is 5.10 Å². The van der Waals surface area contributed by atoms with Crippen molar-refractivity contribution >= 4 is 39.1 Å². The molecule has 0 bridgehead atoms. The van der Waals surface area contributed by atoms with Crippen LogP contribution < -0.4 is 10.1 Å². The maximum Gasteiger partial charge on any atom is 0.243 e. The molecule has 0 saturated carbocycles. The maximum absolute atomic E-state index is 13.1. The summed E-state index contributed by atoms with van der Waals surface area (Å²) in [6.45, 7) is 0. The van der Waals surface area contributed by atoms with Gasteiger partial charge in [0, 0.05) is 23.7 Å². The lowest BCUT2D eigenvalue weighted by atomic mass is 9.98. The normalized spacial score (nSPS) is 15.2. The standard InChI is InChI=1S/C26H24BrN3O3/c1-33-24-10-6-5-9-21(24)28-25(31)15-16-26(32)30-23(19-7-3-2-4-8-19)17-22(29-30)18-11-13-20(27)14-12-18/h2-14,23H,15-17H2,1H3,(H,28,31)/t23-/m0/s1. The Hall–Kier alpha value is -3.45. The Morgan fingerprint density at radius 2 is 1.70 bits per heavy atom. The van der Waals surface area contributed by atoms with Crippen molar-refractivity contribution < 1.29 is 14.3 Å². The van der Waals surface area contributed by atoms with Gasteiger partial charge in [-0.05, 0) is 35.4 Å². The molecule has 1 atom stereocenters. The summed E-state index contributed by atoms with van der Waals surface area (Å²) in [4.78, 5) is 25.6. The van der Waals surface area contributed by atoms with Crippen LogP contribution >= 0.6 is 15.9 Å². The van der Waals surface area contributed by atoms with Crippen LogP contribution in [0, 0.1) is 0 Å². The van der Waals surface area contributed by atoms with Gasteiger partial charge in [-0.3, -0.25) is 9.59 Å². The molecule has 4 rings (SSSR count). The van der Waals surface area contributed by atoms with Crippen molar-refractivity contribution in [2.75, 3.05) is 12.4 Å². The number of hydrogen-bond acceptors (Lipinski definition) is 4. The molecule has 1 heterocycles. The topological polar surface area (TPSA) is 71.0 Å². The molecule has 0 unspecified atom stereocenters. The minimum absolute atomic E-state index is 0.0536. The third kappa shape index (κ3) is 5.49. The van der Waals surface area contributed by atoms with Crippen LogP contribution in [0.1, 0.15) is 36.4 Å². The highest BCUT2D eigenvalue weighted by atomic mass is 79.9. The molecule has 0 saturated heterocycles. The van der Waals surface area contributed by atoms with E-state index in [1.165, 1.54) is 5.01 Å². The summed E-state index contributed by atoms with van der Waals surface area (Å²) in [6.07, 6.45) is 0.726. The van der Waals surface area contributed by atoms with Gasteiger partial charge in [0.05, 0.1) is 24.6 Å². The van der Waals surface area contributed by atoms with Gasteiger partial charge in [0.2, 0.25) is 11.8 Å². The molecule has 2 amide bonds. The van der Waals surface area contributed by atoms with Crippen molar-refractivity contribution in [2.24, 2.45) is 5.10 Å². The fraction of sp³-hybridized carbons (Fsp3) is 0.192. The van der Waals surface area contributed by atoms with Crippen LogP contribution in [0.5, 0.6) is 5.75 Å². The summed E-state index contributed by atoms with van der Waals surface area (Å²) in [6, 6.07) is 24.7. The van der Waals surface area contributed by atoms with E-state index in [0.29, 0.717) is 17.9 Å². The van der Waals surface area contributed by atoms with Crippen molar-refractivity contribution in [2.45, 2.75) is 25.3 Å². The predicted octanol–water partition coefficient (Wildman–Crippen LogP) is 5.55. The predicted molar refractivity (Wildman–Crippen MR) is 132 cm³/mol. The smallest absolute Gasteiger partial charge is 0.243 e. The number of anilines is 1. The number of ether oxygens (including phenoxy) is 1. The van der Waals surface area contributed by atoms with Gasteiger partial charge in [-0.25, -0.2) is 5.01 Å². The van der Waals surface area contributed by atoms with Gasteiger partial charge in [0.15, 0.2) is 0 Å². The van der Waals surface area contributed by atoms with Crippen molar-refractivity contribution in [3.63, 3.8) is 0 Å². The molecule has 1 aliphatic rings. The summed E-state index contributed by atoms with van der Waals surface area (Å²) in [5.74, 6) is 0.135. The number of methoxy groups -OCH3 is 1. The number of carbonyl (C=O) groups excluding carboxylic acids is 2. The van der Waals surface area contributed by atoms with Gasteiger partial charge in [-0.15, -0.1) is 0 Å². The Balaban J connectivity index is 1.48. The number of rotatable bonds is 7. The average molecular weight is 506 g/mol. The summed E-state index contributed by atoms with van der Waals surface area (Å²) < 4.78 is 6.25. The van der Waals surface area contributed by atoms with E-state index < -0.39 is 0 Å². The Kier molecular flexibility index (Phi) is 7.19. The van der Waals surface area contributed by atoms with Crippen molar-refractivity contribution in [1.82, 2.24) is 5.01 Å². The minimum atomic E-state index is -0.250. The van der Waals surface area contributed by atoms with Crippen LogP contribution in [-0.4, -0.2) is 29.6 Å². The summed E-state index contributed by atoms with van der Waals surface area (Å²) in [7, 11) is 1.55. The number of nitrogens with one attached hydrogen (secondary N) is 1. The molecular weight excluding hydrogens is 482 g/mol. The number of nitrogens with zero attached hydrogens (tertiary/aromatic N) is 2. The van der Waals surface area contributed by atoms with Crippen molar-refractivity contribution in [3.05, 3.63) is 94.5 Å². The Morgan fingerprint density at radius 3 is 2.42 bits per heavy atom. The molecule has 1 N–H and O–H groups in total. The quantitative estimate of drug-likeness (QED) is 0.457. The Labute approximate surface area is 201 Å². The second-order valence-electron chi connectivity index (χ2n) is 7.67. The van der Waals surface area contributed by atoms with E-state index in [2.05, 4.69) is 26.3 Å². The maximum atomic E-state index is 13.1. The third-order valence-corrected chi connectivity index (χ3v) is 6.00. The molecular formula is C26H24BrN3O3. The Bertz CT molecular complexity index is 1160. The lowest BCUT2D eigenvalue weighted by molar-refractivity contribution is -0.134. The first-order valence-corrected chi connectivity index (χ1v) is 11.5. The summed E-state index contributed by atoms with van der Waals surface area (Å²) in [5, 5.41) is 9.01. The highest BCUT2D eigenvalue weighted by Gasteiger charge is 2.33. The molecule has 0 radical (unpaired) electrons. The molecule has 168 valence electrons. The van der Waals surface area contributed by atoms with E-state index in [9.17, 15) is 9.59 Å². The lowest BCUT2D eigenvalue weighted by Gasteiger charge is -2.22. The highest BCUT2D eigenvalue weighted by Crippen LogP contribution is 2.33. The second kappa shape index (κ2) is 10.4. The van der Waals surface area contributed by atoms with E-state index in [4.69, 9.17) is 4.74 Å². The molecule has 0 fully saturated rings. The van der Waals surface area contributed by atoms with Crippen LogP contribution in [0.15, 0.2) is 88.4 Å². The number of hydrazone groups is 1.